The Hall–Kier alpha value is -2.35. The Kier molecular flexibility index (Phi) is 9.24. The van der Waals surface area contributed by atoms with E-state index in [1.807, 2.05) is 12.1 Å². The van der Waals surface area contributed by atoms with Crippen LogP contribution >= 0.6 is 8.58 Å². The van der Waals surface area contributed by atoms with Crippen LogP contribution in [0, 0.1) is 0 Å². The van der Waals surface area contributed by atoms with Crippen LogP contribution in [-0.4, -0.2) is 25.1 Å². The van der Waals surface area contributed by atoms with E-state index in [4.69, 9.17) is 9.47 Å². The second kappa shape index (κ2) is 12.6. The highest BCUT2D eigenvalue weighted by molar-refractivity contribution is 7.48. The number of nitrogens with zero attached hydrogens (tertiary/aromatic N) is 1. The summed E-state index contributed by atoms with van der Waals surface area (Å²) in [6.07, 6.45) is 6.23. The van der Waals surface area contributed by atoms with Gasteiger partial charge in [0.1, 0.15) is 18.1 Å². The molecule has 2 unspecified atom stereocenters. The SMILES string of the molecule is CCCC(C)(Pc1ccccc1CN1CCCCC1)c1cc(OC)ccc1OCc1ccccc1. The van der Waals surface area contributed by atoms with Crippen molar-refractivity contribution in [3.8, 4) is 11.5 Å². The van der Waals surface area contributed by atoms with Gasteiger partial charge in [0.25, 0.3) is 0 Å². The number of methoxy groups -OCH3 is 1. The lowest BCUT2D eigenvalue weighted by Crippen LogP contribution is -2.31. The first-order valence-corrected chi connectivity index (χ1v) is 14.0. The topological polar surface area (TPSA) is 21.7 Å². The van der Waals surface area contributed by atoms with Crippen LogP contribution in [0.2, 0.25) is 0 Å². The molecule has 35 heavy (non-hydrogen) atoms. The van der Waals surface area contributed by atoms with E-state index in [0.717, 1.165) is 30.9 Å². The molecule has 0 saturated carbocycles. The van der Waals surface area contributed by atoms with Crippen LogP contribution in [0.1, 0.15) is 62.6 Å². The van der Waals surface area contributed by atoms with Crippen molar-refractivity contribution in [3.63, 3.8) is 0 Å². The number of hydrogen-bond acceptors (Lipinski definition) is 3. The fourth-order valence-corrected chi connectivity index (χ4v) is 6.93. The molecule has 4 rings (SSSR count). The second-order valence-electron chi connectivity index (χ2n) is 9.84. The molecule has 1 fully saturated rings. The van der Waals surface area contributed by atoms with Crippen molar-refractivity contribution < 1.29 is 9.47 Å². The summed E-state index contributed by atoms with van der Waals surface area (Å²) in [7, 11) is 2.40. The van der Waals surface area contributed by atoms with Crippen LogP contribution in [0.15, 0.2) is 72.8 Å². The van der Waals surface area contributed by atoms with Crippen molar-refractivity contribution in [2.24, 2.45) is 0 Å². The number of piperidine rings is 1. The molecule has 1 aliphatic rings. The predicted molar refractivity (Wildman–Crippen MR) is 150 cm³/mol. The van der Waals surface area contributed by atoms with Crippen molar-refractivity contribution in [2.75, 3.05) is 20.2 Å². The quantitative estimate of drug-likeness (QED) is 0.264. The lowest BCUT2D eigenvalue weighted by Gasteiger charge is -2.34. The van der Waals surface area contributed by atoms with Gasteiger partial charge in [-0.25, -0.2) is 0 Å². The average Bonchev–Trinajstić information content (AvgIpc) is 2.90. The third-order valence-electron chi connectivity index (χ3n) is 7.04. The third kappa shape index (κ3) is 6.87. The van der Waals surface area contributed by atoms with Crippen molar-refractivity contribution >= 4 is 13.9 Å². The Balaban J connectivity index is 1.64. The van der Waals surface area contributed by atoms with Gasteiger partial charge in [-0.05, 0) is 67.0 Å². The molecule has 1 aliphatic heterocycles. The zero-order valence-corrected chi connectivity index (χ0v) is 22.6. The summed E-state index contributed by atoms with van der Waals surface area (Å²) in [6.45, 7) is 8.76. The third-order valence-corrected chi connectivity index (χ3v) is 8.87. The van der Waals surface area contributed by atoms with E-state index >= 15 is 0 Å². The highest BCUT2D eigenvalue weighted by Gasteiger charge is 2.31. The first-order chi connectivity index (χ1) is 17.1. The molecule has 0 radical (unpaired) electrons. The Labute approximate surface area is 213 Å². The van der Waals surface area contributed by atoms with Crippen LogP contribution < -0.4 is 14.8 Å². The average molecular weight is 490 g/mol. The van der Waals surface area contributed by atoms with Crippen LogP contribution in [0.25, 0.3) is 0 Å². The molecule has 0 bridgehead atoms. The highest BCUT2D eigenvalue weighted by Crippen LogP contribution is 2.49. The maximum atomic E-state index is 6.45. The molecule has 1 saturated heterocycles. The number of rotatable bonds is 11. The van der Waals surface area contributed by atoms with Crippen LogP contribution in [0.3, 0.4) is 0 Å². The summed E-state index contributed by atoms with van der Waals surface area (Å²) in [5.41, 5.74) is 3.91. The van der Waals surface area contributed by atoms with Crippen molar-refractivity contribution in [2.45, 2.75) is 64.3 Å². The van der Waals surface area contributed by atoms with Gasteiger partial charge in [-0.2, -0.15) is 0 Å². The fraction of sp³-hybridized carbons (Fsp3) is 0.419. The Bertz CT molecular complexity index is 1060. The number of hydrogen-bond donors (Lipinski definition) is 0. The standard InChI is InChI=1S/C31H40NO2P/c1-4-19-31(2,35-30-16-10-9-15-26(30)23-32-20-11-6-12-21-32)28-22-27(33-3)17-18-29(28)34-24-25-13-7-5-8-14-25/h5,7-10,13-18,22,35H,4,6,11-12,19-21,23-24H2,1-3H3. The second-order valence-corrected chi connectivity index (χ2v) is 11.7. The van der Waals surface area contributed by atoms with Crippen molar-refractivity contribution in [1.82, 2.24) is 4.90 Å². The van der Waals surface area contributed by atoms with Gasteiger partial charge in [0, 0.05) is 17.3 Å². The molecular formula is C31H40NO2P. The van der Waals surface area contributed by atoms with Gasteiger partial charge in [-0.3, -0.25) is 4.90 Å². The highest BCUT2D eigenvalue weighted by atomic mass is 31.1. The van der Waals surface area contributed by atoms with Gasteiger partial charge >= 0.3 is 0 Å². The molecule has 186 valence electrons. The van der Waals surface area contributed by atoms with E-state index in [-0.39, 0.29) is 5.16 Å². The lowest BCUT2D eigenvalue weighted by atomic mass is 9.94. The Morgan fingerprint density at radius 2 is 1.66 bits per heavy atom. The zero-order valence-electron chi connectivity index (χ0n) is 21.6. The van der Waals surface area contributed by atoms with E-state index in [0.29, 0.717) is 15.2 Å². The molecule has 0 spiro atoms. The van der Waals surface area contributed by atoms with Crippen LogP contribution in [0.5, 0.6) is 11.5 Å². The summed E-state index contributed by atoms with van der Waals surface area (Å²) < 4.78 is 12.1. The normalized spacial score (nSPS) is 16.3. The van der Waals surface area contributed by atoms with Gasteiger partial charge in [0.15, 0.2) is 0 Å². The minimum Gasteiger partial charge on any atom is -0.497 e. The molecular weight excluding hydrogens is 449 g/mol. The monoisotopic (exact) mass is 489 g/mol. The maximum absolute atomic E-state index is 6.45. The molecule has 3 aromatic rings. The fourth-order valence-electron chi connectivity index (χ4n) is 5.13. The molecule has 0 amide bonds. The molecule has 0 N–H and O–H groups in total. The van der Waals surface area contributed by atoms with Gasteiger partial charge < -0.3 is 9.47 Å². The minimum absolute atomic E-state index is 0.0344. The van der Waals surface area contributed by atoms with Gasteiger partial charge in [0.2, 0.25) is 0 Å². The zero-order chi connectivity index (χ0) is 24.5. The summed E-state index contributed by atoms with van der Waals surface area (Å²) in [6, 6.07) is 25.8. The first kappa shape index (κ1) is 25.7. The smallest absolute Gasteiger partial charge is 0.124 e. The molecule has 4 heteroatoms. The molecule has 1 heterocycles. The molecule has 0 aliphatic carbocycles. The number of likely N-dealkylation sites (tertiary alicyclic amines) is 1. The minimum atomic E-state index is -0.0344. The van der Waals surface area contributed by atoms with E-state index in [9.17, 15) is 0 Å². The molecule has 2 atom stereocenters. The molecule has 3 aromatic carbocycles. The largest absolute Gasteiger partial charge is 0.497 e. The van der Waals surface area contributed by atoms with Gasteiger partial charge in [0.05, 0.1) is 7.11 Å². The summed E-state index contributed by atoms with van der Waals surface area (Å²) in [5.74, 6) is 1.85. The maximum Gasteiger partial charge on any atom is 0.124 e. The summed E-state index contributed by atoms with van der Waals surface area (Å²) >= 11 is 0. The van der Waals surface area contributed by atoms with E-state index in [2.05, 4.69) is 79.4 Å². The Morgan fingerprint density at radius 3 is 2.40 bits per heavy atom. The van der Waals surface area contributed by atoms with Crippen molar-refractivity contribution in [3.05, 3.63) is 89.5 Å². The van der Waals surface area contributed by atoms with Crippen LogP contribution in [-0.2, 0) is 18.3 Å². The number of benzene rings is 3. The predicted octanol–water partition coefficient (Wildman–Crippen LogP) is 7.28. The lowest BCUT2D eigenvalue weighted by molar-refractivity contribution is 0.221. The Morgan fingerprint density at radius 1 is 0.914 bits per heavy atom. The van der Waals surface area contributed by atoms with Crippen molar-refractivity contribution in [1.29, 1.82) is 0 Å². The first-order valence-electron chi connectivity index (χ1n) is 13.0. The number of ether oxygens (including phenoxy) is 2. The van der Waals surface area contributed by atoms with Gasteiger partial charge in [-0.1, -0.05) is 89.9 Å². The summed E-state index contributed by atoms with van der Waals surface area (Å²) in [5, 5.41) is 1.44. The van der Waals surface area contributed by atoms with E-state index < -0.39 is 0 Å². The van der Waals surface area contributed by atoms with E-state index in [1.54, 1.807) is 7.11 Å². The van der Waals surface area contributed by atoms with Gasteiger partial charge in [-0.15, -0.1) is 0 Å². The molecule has 3 nitrogen and oxygen atoms in total. The summed E-state index contributed by atoms with van der Waals surface area (Å²) in [4.78, 5) is 2.63. The van der Waals surface area contributed by atoms with E-state index in [1.165, 1.54) is 54.3 Å². The molecule has 0 aromatic heterocycles. The van der Waals surface area contributed by atoms with Crippen LogP contribution in [0.4, 0.5) is 0 Å².